The number of rotatable bonds is 6. The number of nitrogens with zero attached hydrogens (tertiary/aromatic N) is 3. The zero-order valence-electron chi connectivity index (χ0n) is 18.4. The third kappa shape index (κ3) is 5.15. The Kier molecular flexibility index (Phi) is 6.83. The molecule has 0 aliphatic carbocycles. The summed E-state index contributed by atoms with van der Waals surface area (Å²) in [6.07, 6.45) is 2.70. The van der Waals surface area contributed by atoms with E-state index in [4.69, 9.17) is 0 Å². The van der Waals surface area contributed by atoms with Crippen molar-refractivity contribution in [3.05, 3.63) is 65.5 Å². The summed E-state index contributed by atoms with van der Waals surface area (Å²) in [4.78, 5) is 27.2. The highest BCUT2D eigenvalue weighted by molar-refractivity contribution is 5.95. The fourth-order valence-corrected chi connectivity index (χ4v) is 4.23. The number of nitrogens with one attached hydrogen (secondary N) is 1. The van der Waals surface area contributed by atoms with Crippen molar-refractivity contribution in [3.8, 4) is 0 Å². The molecular weight excluding hydrogens is 407 g/mol. The van der Waals surface area contributed by atoms with Gasteiger partial charge < -0.3 is 10.2 Å². The third-order valence-corrected chi connectivity index (χ3v) is 6.19. The Labute approximate surface area is 188 Å². The van der Waals surface area contributed by atoms with Crippen LogP contribution in [0.15, 0.2) is 53.6 Å². The second-order valence-corrected chi connectivity index (χ2v) is 8.45. The van der Waals surface area contributed by atoms with Gasteiger partial charge in [0.1, 0.15) is 5.82 Å². The maximum Gasteiger partial charge on any atom is 0.253 e. The van der Waals surface area contributed by atoms with E-state index >= 15 is 0 Å². The van der Waals surface area contributed by atoms with E-state index in [1.165, 1.54) is 6.07 Å². The first kappa shape index (κ1) is 22.0. The topological polar surface area (TPSA) is 65.0 Å². The van der Waals surface area contributed by atoms with E-state index in [2.05, 4.69) is 10.4 Å². The first-order valence-electron chi connectivity index (χ1n) is 11.2. The Hall–Kier alpha value is -3.22. The average molecular weight is 437 g/mol. The molecule has 4 rings (SSSR count). The van der Waals surface area contributed by atoms with Crippen LogP contribution in [0.1, 0.15) is 42.1 Å². The van der Waals surface area contributed by atoms with Crippen molar-refractivity contribution in [3.63, 3.8) is 0 Å². The summed E-state index contributed by atoms with van der Waals surface area (Å²) in [5, 5.41) is 9.36. The molecule has 1 fully saturated rings. The summed E-state index contributed by atoms with van der Waals surface area (Å²) < 4.78 is 13.7. The number of amides is 2. The SMILES string of the molecule is CC1=NN(c2ccc(C(=O)N3CCC(C(=O)NCCc4ccccc4F)CC3)cc2)CC1. The minimum absolute atomic E-state index is 0.00364. The van der Waals surface area contributed by atoms with Crippen LogP contribution >= 0.6 is 0 Å². The van der Waals surface area contributed by atoms with Crippen LogP contribution in [0.5, 0.6) is 0 Å². The summed E-state index contributed by atoms with van der Waals surface area (Å²) in [5.41, 5.74) is 3.36. The predicted octanol–water partition coefficient (Wildman–Crippen LogP) is 3.62. The van der Waals surface area contributed by atoms with Crippen molar-refractivity contribution in [2.45, 2.75) is 32.6 Å². The monoisotopic (exact) mass is 436 g/mol. The molecule has 0 spiro atoms. The third-order valence-electron chi connectivity index (χ3n) is 6.19. The predicted molar refractivity (Wildman–Crippen MR) is 123 cm³/mol. The van der Waals surface area contributed by atoms with Gasteiger partial charge in [-0.25, -0.2) is 4.39 Å². The Bertz CT molecular complexity index is 997. The van der Waals surface area contributed by atoms with E-state index in [-0.39, 0.29) is 23.5 Å². The van der Waals surface area contributed by atoms with E-state index < -0.39 is 0 Å². The quantitative estimate of drug-likeness (QED) is 0.752. The molecule has 168 valence electrons. The number of benzene rings is 2. The van der Waals surface area contributed by atoms with Crippen LogP contribution in [-0.4, -0.2) is 48.6 Å². The van der Waals surface area contributed by atoms with Crippen LogP contribution in [0.2, 0.25) is 0 Å². The van der Waals surface area contributed by atoms with Gasteiger partial charge in [0.2, 0.25) is 5.91 Å². The molecule has 1 saturated heterocycles. The molecule has 0 saturated carbocycles. The molecule has 0 atom stereocenters. The highest BCUT2D eigenvalue weighted by Gasteiger charge is 2.27. The molecule has 6 nitrogen and oxygen atoms in total. The van der Waals surface area contributed by atoms with Gasteiger partial charge in [-0.1, -0.05) is 18.2 Å². The molecule has 2 aliphatic rings. The molecule has 2 amide bonds. The lowest BCUT2D eigenvalue weighted by Gasteiger charge is -2.31. The van der Waals surface area contributed by atoms with E-state index in [0.29, 0.717) is 50.0 Å². The molecule has 2 aromatic rings. The van der Waals surface area contributed by atoms with Crippen LogP contribution in [0, 0.1) is 11.7 Å². The maximum atomic E-state index is 13.7. The van der Waals surface area contributed by atoms with Crippen LogP contribution in [0.25, 0.3) is 0 Å². The largest absolute Gasteiger partial charge is 0.356 e. The number of hydrogen-bond acceptors (Lipinski definition) is 4. The number of hydrazone groups is 1. The summed E-state index contributed by atoms with van der Waals surface area (Å²) in [5.74, 6) is -0.376. The number of carbonyl (C=O) groups excluding carboxylic acids is 2. The Morgan fingerprint density at radius 1 is 1.06 bits per heavy atom. The van der Waals surface area contributed by atoms with Crippen molar-refractivity contribution < 1.29 is 14.0 Å². The molecule has 2 aliphatic heterocycles. The van der Waals surface area contributed by atoms with Gasteiger partial charge in [-0.3, -0.25) is 14.6 Å². The Balaban J connectivity index is 1.23. The highest BCUT2D eigenvalue weighted by Crippen LogP contribution is 2.23. The van der Waals surface area contributed by atoms with Gasteiger partial charge in [-0.05, 0) is 62.1 Å². The maximum absolute atomic E-state index is 13.7. The van der Waals surface area contributed by atoms with Crippen molar-refractivity contribution in [2.24, 2.45) is 11.0 Å². The van der Waals surface area contributed by atoms with Gasteiger partial charge in [0.05, 0.1) is 5.69 Å². The van der Waals surface area contributed by atoms with Gasteiger partial charge in [-0.15, -0.1) is 0 Å². The summed E-state index contributed by atoms with van der Waals surface area (Å²) >= 11 is 0. The van der Waals surface area contributed by atoms with E-state index in [1.54, 1.807) is 18.2 Å². The molecule has 32 heavy (non-hydrogen) atoms. The van der Waals surface area contributed by atoms with Crippen molar-refractivity contribution in [1.29, 1.82) is 0 Å². The number of halogens is 1. The molecule has 1 N–H and O–H groups in total. The zero-order chi connectivity index (χ0) is 22.5. The Morgan fingerprint density at radius 3 is 2.44 bits per heavy atom. The lowest BCUT2D eigenvalue weighted by molar-refractivity contribution is -0.126. The molecule has 0 aromatic heterocycles. The lowest BCUT2D eigenvalue weighted by Crippen LogP contribution is -2.43. The number of piperidine rings is 1. The van der Waals surface area contributed by atoms with Gasteiger partial charge in [0.15, 0.2) is 0 Å². The lowest BCUT2D eigenvalue weighted by atomic mass is 9.95. The van der Waals surface area contributed by atoms with Crippen molar-refractivity contribution >= 4 is 23.2 Å². The van der Waals surface area contributed by atoms with Gasteiger partial charge >= 0.3 is 0 Å². The second-order valence-electron chi connectivity index (χ2n) is 8.45. The van der Waals surface area contributed by atoms with E-state index in [1.807, 2.05) is 41.1 Å². The van der Waals surface area contributed by atoms with Gasteiger partial charge in [0, 0.05) is 49.8 Å². The van der Waals surface area contributed by atoms with Crippen LogP contribution in [-0.2, 0) is 11.2 Å². The molecule has 7 heteroatoms. The van der Waals surface area contributed by atoms with Crippen LogP contribution in [0.4, 0.5) is 10.1 Å². The van der Waals surface area contributed by atoms with E-state index in [9.17, 15) is 14.0 Å². The average Bonchev–Trinajstić information content (AvgIpc) is 3.26. The summed E-state index contributed by atoms with van der Waals surface area (Å²) in [6, 6.07) is 14.2. The second kappa shape index (κ2) is 9.94. The smallest absolute Gasteiger partial charge is 0.253 e. The van der Waals surface area contributed by atoms with Crippen molar-refractivity contribution in [1.82, 2.24) is 10.2 Å². The Morgan fingerprint density at radius 2 is 1.78 bits per heavy atom. The van der Waals surface area contributed by atoms with Gasteiger partial charge in [0.25, 0.3) is 5.91 Å². The fraction of sp³-hybridized carbons (Fsp3) is 0.400. The van der Waals surface area contributed by atoms with Crippen molar-refractivity contribution in [2.75, 3.05) is 31.2 Å². The first-order chi connectivity index (χ1) is 15.5. The number of likely N-dealkylation sites (tertiary alicyclic amines) is 1. The standard InChI is InChI=1S/C25H29FN4O2/c1-18-11-17-30(28-18)22-8-6-21(7-9-22)25(32)29-15-12-20(13-16-29)24(31)27-14-10-19-4-2-3-5-23(19)26/h2-9,20H,10-17H2,1H3,(H,27,31). The van der Waals surface area contributed by atoms with Crippen LogP contribution < -0.4 is 10.3 Å². The van der Waals surface area contributed by atoms with Gasteiger partial charge in [-0.2, -0.15) is 5.10 Å². The molecule has 0 bridgehead atoms. The minimum Gasteiger partial charge on any atom is -0.356 e. The fourth-order valence-electron chi connectivity index (χ4n) is 4.23. The number of carbonyl (C=O) groups is 2. The summed E-state index contributed by atoms with van der Waals surface area (Å²) in [6.45, 7) is 4.41. The normalized spacial score (nSPS) is 16.8. The molecule has 2 aromatic carbocycles. The zero-order valence-corrected chi connectivity index (χ0v) is 18.4. The molecule has 2 heterocycles. The number of hydrogen-bond donors (Lipinski definition) is 1. The summed E-state index contributed by atoms with van der Waals surface area (Å²) in [7, 11) is 0. The molecular formula is C25H29FN4O2. The molecule has 0 unspecified atom stereocenters. The molecule has 0 radical (unpaired) electrons. The van der Waals surface area contributed by atoms with Crippen LogP contribution in [0.3, 0.4) is 0 Å². The number of anilines is 1. The highest BCUT2D eigenvalue weighted by atomic mass is 19.1. The minimum atomic E-state index is -0.245. The first-order valence-corrected chi connectivity index (χ1v) is 11.2. The van der Waals surface area contributed by atoms with E-state index in [0.717, 1.165) is 24.4 Å².